The summed E-state index contributed by atoms with van der Waals surface area (Å²) >= 11 is 0. The van der Waals surface area contributed by atoms with Gasteiger partial charge in [-0.15, -0.1) is 0 Å². The first-order chi connectivity index (χ1) is 9.26. The molecule has 0 aliphatic rings. The van der Waals surface area contributed by atoms with Gasteiger partial charge in [0.05, 0.1) is 0 Å². The van der Waals surface area contributed by atoms with E-state index in [1.165, 1.54) is 5.56 Å². The Bertz CT molecular complexity index is 490. The van der Waals surface area contributed by atoms with Crippen molar-refractivity contribution in [3.05, 3.63) is 54.1 Å². The van der Waals surface area contributed by atoms with Gasteiger partial charge in [-0.3, -0.25) is 0 Å². The van der Waals surface area contributed by atoms with Gasteiger partial charge in [-0.25, -0.2) is 4.98 Å². The van der Waals surface area contributed by atoms with E-state index in [0.717, 1.165) is 25.2 Å². The summed E-state index contributed by atoms with van der Waals surface area (Å²) in [5.74, 6) is 1.48. The van der Waals surface area contributed by atoms with Crippen LogP contribution in [0, 0.1) is 0 Å². The van der Waals surface area contributed by atoms with Crippen LogP contribution in [0.3, 0.4) is 0 Å². The summed E-state index contributed by atoms with van der Waals surface area (Å²) in [6, 6.07) is 10.7. The molecule has 102 valence electrons. The van der Waals surface area contributed by atoms with Crippen LogP contribution in [0.15, 0.2) is 42.7 Å². The molecular formula is C16H23N3. The summed E-state index contributed by atoms with van der Waals surface area (Å²) in [5, 5.41) is 0. The fraction of sp³-hybridized carbons (Fsp3) is 0.438. The third kappa shape index (κ3) is 3.24. The first kappa shape index (κ1) is 13.8. The summed E-state index contributed by atoms with van der Waals surface area (Å²) in [5.41, 5.74) is 7.75. The van der Waals surface area contributed by atoms with E-state index >= 15 is 0 Å². The third-order valence-corrected chi connectivity index (χ3v) is 3.75. The standard InChI is InChI=1S/C16H23N3/c1-3-14(13-8-6-5-7-9-13)15(17)12-16-18-10-11-19(16)4-2/h5-11,14-15H,3-4,12,17H2,1-2H3. The van der Waals surface area contributed by atoms with Crippen molar-refractivity contribution in [2.75, 3.05) is 0 Å². The van der Waals surface area contributed by atoms with Crippen LogP contribution in [0.2, 0.25) is 0 Å². The number of rotatable bonds is 6. The van der Waals surface area contributed by atoms with Crippen LogP contribution in [0.5, 0.6) is 0 Å². The van der Waals surface area contributed by atoms with Gasteiger partial charge in [0.1, 0.15) is 5.82 Å². The monoisotopic (exact) mass is 257 g/mol. The average molecular weight is 257 g/mol. The van der Waals surface area contributed by atoms with Crippen LogP contribution < -0.4 is 5.73 Å². The Hall–Kier alpha value is -1.61. The molecule has 2 aromatic rings. The molecule has 1 aromatic heterocycles. The highest BCUT2D eigenvalue weighted by Gasteiger charge is 2.19. The van der Waals surface area contributed by atoms with Gasteiger partial charge in [0.25, 0.3) is 0 Å². The van der Waals surface area contributed by atoms with Crippen molar-refractivity contribution in [2.45, 2.75) is 45.2 Å². The number of aromatic nitrogens is 2. The predicted octanol–water partition coefficient (Wildman–Crippen LogP) is 2.97. The number of nitrogens with zero attached hydrogens (tertiary/aromatic N) is 2. The van der Waals surface area contributed by atoms with E-state index in [9.17, 15) is 0 Å². The van der Waals surface area contributed by atoms with Crippen molar-refractivity contribution < 1.29 is 0 Å². The molecule has 0 radical (unpaired) electrons. The summed E-state index contributed by atoms with van der Waals surface area (Å²) in [7, 11) is 0. The lowest BCUT2D eigenvalue weighted by molar-refractivity contribution is 0.495. The highest BCUT2D eigenvalue weighted by Crippen LogP contribution is 2.23. The first-order valence-corrected chi connectivity index (χ1v) is 7.06. The topological polar surface area (TPSA) is 43.8 Å². The van der Waals surface area contributed by atoms with Crippen LogP contribution in [-0.2, 0) is 13.0 Å². The lowest BCUT2D eigenvalue weighted by atomic mass is 9.88. The van der Waals surface area contributed by atoms with Gasteiger partial charge in [-0.1, -0.05) is 37.3 Å². The molecule has 2 N–H and O–H groups in total. The van der Waals surface area contributed by atoms with E-state index in [1.54, 1.807) is 0 Å². The average Bonchev–Trinajstić information content (AvgIpc) is 2.88. The predicted molar refractivity (Wildman–Crippen MR) is 79.1 cm³/mol. The Kier molecular flexibility index (Phi) is 4.74. The molecule has 0 fully saturated rings. The van der Waals surface area contributed by atoms with Gasteiger partial charge < -0.3 is 10.3 Å². The van der Waals surface area contributed by atoms with E-state index in [-0.39, 0.29) is 6.04 Å². The second-order valence-corrected chi connectivity index (χ2v) is 4.92. The van der Waals surface area contributed by atoms with Crippen LogP contribution in [0.4, 0.5) is 0 Å². The van der Waals surface area contributed by atoms with Crippen LogP contribution in [0.1, 0.15) is 37.6 Å². The van der Waals surface area contributed by atoms with Gasteiger partial charge in [0.15, 0.2) is 0 Å². The number of hydrogen-bond donors (Lipinski definition) is 1. The van der Waals surface area contributed by atoms with Crippen molar-refractivity contribution in [3.8, 4) is 0 Å². The minimum absolute atomic E-state index is 0.111. The van der Waals surface area contributed by atoms with Gasteiger partial charge >= 0.3 is 0 Å². The van der Waals surface area contributed by atoms with Crippen molar-refractivity contribution in [1.82, 2.24) is 9.55 Å². The Morgan fingerprint density at radius 1 is 1.21 bits per heavy atom. The van der Waals surface area contributed by atoms with Gasteiger partial charge in [0, 0.05) is 31.4 Å². The number of nitrogens with two attached hydrogens (primary N) is 1. The van der Waals surface area contributed by atoms with E-state index in [0.29, 0.717) is 5.92 Å². The summed E-state index contributed by atoms with van der Waals surface area (Å²) in [6.07, 6.45) is 5.76. The van der Waals surface area contributed by atoms with Crippen molar-refractivity contribution >= 4 is 0 Å². The largest absolute Gasteiger partial charge is 0.335 e. The fourth-order valence-electron chi connectivity index (χ4n) is 2.66. The van der Waals surface area contributed by atoms with E-state index in [2.05, 4.69) is 47.7 Å². The Morgan fingerprint density at radius 2 is 1.95 bits per heavy atom. The molecule has 3 heteroatoms. The fourth-order valence-corrected chi connectivity index (χ4v) is 2.66. The molecule has 2 unspecified atom stereocenters. The van der Waals surface area contributed by atoms with Crippen molar-refractivity contribution in [3.63, 3.8) is 0 Å². The molecule has 3 nitrogen and oxygen atoms in total. The Morgan fingerprint density at radius 3 is 2.58 bits per heavy atom. The quantitative estimate of drug-likeness (QED) is 0.864. The van der Waals surface area contributed by atoms with Crippen molar-refractivity contribution in [2.24, 2.45) is 5.73 Å². The van der Waals surface area contributed by atoms with Gasteiger partial charge in [-0.2, -0.15) is 0 Å². The number of benzene rings is 1. The minimum atomic E-state index is 0.111. The van der Waals surface area contributed by atoms with E-state index < -0.39 is 0 Å². The van der Waals surface area contributed by atoms with Gasteiger partial charge in [0.2, 0.25) is 0 Å². The van der Waals surface area contributed by atoms with Crippen LogP contribution in [0.25, 0.3) is 0 Å². The number of aryl methyl sites for hydroxylation is 1. The minimum Gasteiger partial charge on any atom is -0.335 e. The summed E-state index contributed by atoms with van der Waals surface area (Å²) in [4.78, 5) is 4.42. The number of imidazole rings is 1. The molecule has 0 amide bonds. The zero-order valence-electron chi connectivity index (χ0n) is 11.8. The molecule has 0 aliphatic heterocycles. The maximum Gasteiger partial charge on any atom is 0.110 e. The molecule has 0 bridgehead atoms. The molecule has 0 spiro atoms. The highest BCUT2D eigenvalue weighted by atomic mass is 15.1. The van der Waals surface area contributed by atoms with Crippen molar-refractivity contribution in [1.29, 1.82) is 0 Å². The lowest BCUT2D eigenvalue weighted by Crippen LogP contribution is -2.31. The Balaban J connectivity index is 2.11. The summed E-state index contributed by atoms with van der Waals surface area (Å²) in [6.45, 7) is 5.28. The lowest BCUT2D eigenvalue weighted by Gasteiger charge is -2.23. The molecule has 2 atom stereocenters. The SMILES string of the molecule is CCC(c1ccccc1)C(N)Cc1nccn1CC. The normalized spacial score (nSPS) is 14.3. The van der Waals surface area contributed by atoms with Gasteiger partial charge in [-0.05, 0) is 24.8 Å². The molecule has 1 aromatic carbocycles. The van der Waals surface area contributed by atoms with E-state index in [1.807, 2.05) is 18.5 Å². The van der Waals surface area contributed by atoms with Crippen LogP contribution in [-0.4, -0.2) is 15.6 Å². The molecule has 0 saturated carbocycles. The van der Waals surface area contributed by atoms with Crippen LogP contribution >= 0.6 is 0 Å². The Labute approximate surface area is 115 Å². The third-order valence-electron chi connectivity index (χ3n) is 3.75. The summed E-state index contributed by atoms with van der Waals surface area (Å²) < 4.78 is 2.16. The highest BCUT2D eigenvalue weighted by molar-refractivity contribution is 5.21. The first-order valence-electron chi connectivity index (χ1n) is 7.06. The molecule has 19 heavy (non-hydrogen) atoms. The molecule has 0 aliphatic carbocycles. The maximum atomic E-state index is 6.42. The smallest absolute Gasteiger partial charge is 0.110 e. The zero-order valence-corrected chi connectivity index (χ0v) is 11.8. The molecule has 2 rings (SSSR count). The zero-order chi connectivity index (χ0) is 13.7. The second kappa shape index (κ2) is 6.53. The molecular weight excluding hydrogens is 234 g/mol. The maximum absolute atomic E-state index is 6.42. The number of hydrogen-bond acceptors (Lipinski definition) is 2. The molecule has 0 saturated heterocycles. The second-order valence-electron chi connectivity index (χ2n) is 4.92. The van der Waals surface area contributed by atoms with E-state index in [4.69, 9.17) is 5.73 Å². The molecule has 1 heterocycles.